The smallest absolute Gasteiger partial charge is 0.375 e. The average molecular weight is 377 g/mol. The number of methoxy groups -OCH3 is 1. The second-order valence-corrected chi connectivity index (χ2v) is 7.16. The molecule has 1 amide bonds. The molecule has 2 aromatic rings. The van der Waals surface area contributed by atoms with Crippen molar-refractivity contribution in [1.29, 1.82) is 0 Å². The van der Waals surface area contributed by atoms with Gasteiger partial charge in [0.15, 0.2) is 6.61 Å². The van der Waals surface area contributed by atoms with Crippen LogP contribution >= 0.6 is 11.8 Å². The van der Waals surface area contributed by atoms with Crippen LogP contribution in [0.4, 0.5) is 0 Å². The van der Waals surface area contributed by atoms with E-state index >= 15 is 0 Å². The van der Waals surface area contributed by atoms with Crippen molar-refractivity contribution in [2.24, 2.45) is 0 Å². The third-order valence-corrected chi connectivity index (χ3v) is 5.40. The number of para-hydroxylation sites is 1. The minimum absolute atomic E-state index is 0.0978. The first-order chi connectivity index (χ1) is 12.5. The lowest BCUT2D eigenvalue weighted by molar-refractivity contribution is -0.141. The highest BCUT2D eigenvalue weighted by atomic mass is 32.2. The van der Waals surface area contributed by atoms with Crippen LogP contribution in [0.15, 0.2) is 28.7 Å². The minimum atomic E-state index is -0.678. The van der Waals surface area contributed by atoms with E-state index in [2.05, 4.69) is 0 Å². The molecule has 1 aromatic heterocycles. The molecule has 1 aliphatic rings. The maximum Gasteiger partial charge on any atom is 0.375 e. The normalized spacial score (nSPS) is 17.2. The third-order valence-electron chi connectivity index (χ3n) is 4.24. The van der Waals surface area contributed by atoms with E-state index in [-0.39, 0.29) is 24.2 Å². The Morgan fingerprint density at radius 2 is 2.08 bits per heavy atom. The van der Waals surface area contributed by atoms with Crippen LogP contribution in [0.2, 0.25) is 0 Å². The molecule has 1 saturated heterocycles. The predicted octanol–water partition coefficient (Wildman–Crippen LogP) is 2.02. The molecule has 0 aliphatic carbocycles. The summed E-state index contributed by atoms with van der Waals surface area (Å²) < 4.78 is 15.4. The van der Waals surface area contributed by atoms with Gasteiger partial charge in [-0.2, -0.15) is 0 Å². The van der Waals surface area contributed by atoms with E-state index in [0.29, 0.717) is 23.4 Å². The molecule has 1 aromatic carbocycles. The van der Waals surface area contributed by atoms with Crippen LogP contribution in [0.3, 0.4) is 0 Å². The summed E-state index contributed by atoms with van der Waals surface area (Å²) in [7, 11) is 1.32. The summed E-state index contributed by atoms with van der Waals surface area (Å²) in [5.41, 5.74) is 1.27. The summed E-state index contributed by atoms with van der Waals surface area (Å²) in [5, 5.41) is 0.422. The van der Waals surface area contributed by atoms with Gasteiger partial charge in [0.1, 0.15) is 10.8 Å². The molecule has 2 heterocycles. The summed E-state index contributed by atoms with van der Waals surface area (Å²) in [5.74, 6) is -0.658. The zero-order valence-corrected chi connectivity index (χ0v) is 15.3. The molecule has 0 bridgehead atoms. The van der Waals surface area contributed by atoms with Gasteiger partial charge >= 0.3 is 11.9 Å². The monoisotopic (exact) mass is 377 g/mol. The maximum absolute atomic E-state index is 12.3. The Balaban J connectivity index is 1.61. The van der Waals surface area contributed by atoms with Crippen LogP contribution in [0, 0.1) is 6.92 Å². The minimum Gasteiger partial charge on any atom is -0.468 e. The first kappa shape index (κ1) is 18.3. The Morgan fingerprint density at radius 3 is 2.81 bits per heavy atom. The van der Waals surface area contributed by atoms with Gasteiger partial charge in [-0.1, -0.05) is 18.2 Å². The summed E-state index contributed by atoms with van der Waals surface area (Å²) in [4.78, 5) is 37.7. The van der Waals surface area contributed by atoms with Gasteiger partial charge in [-0.3, -0.25) is 9.59 Å². The predicted molar refractivity (Wildman–Crippen MR) is 96.1 cm³/mol. The Labute approximate surface area is 154 Å². The van der Waals surface area contributed by atoms with E-state index in [4.69, 9.17) is 13.9 Å². The highest BCUT2D eigenvalue weighted by Gasteiger charge is 2.30. The lowest BCUT2D eigenvalue weighted by Gasteiger charge is -2.30. The van der Waals surface area contributed by atoms with Gasteiger partial charge in [-0.05, 0) is 13.0 Å². The Bertz CT molecular complexity index is 845. The number of furan rings is 1. The molecule has 8 heteroatoms. The number of fused-ring (bicyclic) bond motifs is 1. The fourth-order valence-corrected chi connectivity index (χ4v) is 3.93. The molecule has 0 saturated carbocycles. The summed E-state index contributed by atoms with van der Waals surface area (Å²) in [6.45, 7) is 2.12. The number of thioether (sulfide) groups is 1. The first-order valence-electron chi connectivity index (χ1n) is 8.13. The van der Waals surface area contributed by atoms with Crippen molar-refractivity contribution < 1.29 is 28.3 Å². The van der Waals surface area contributed by atoms with Gasteiger partial charge in [0, 0.05) is 29.8 Å². The van der Waals surface area contributed by atoms with Gasteiger partial charge in [0.05, 0.1) is 7.11 Å². The number of carbonyl (C=O) groups is 3. The zero-order chi connectivity index (χ0) is 18.7. The topological polar surface area (TPSA) is 86.0 Å². The van der Waals surface area contributed by atoms with Crippen molar-refractivity contribution in [3.63, 3.8) is 0 Å². The highest BCUT2D eigenvalue weighted by molar-refractivity contribution is 8.00. The first-order valence-corrected chi connectivity index (χ1v) is 9.18. The van der Waals surface area contributed by atoms with Crippen LogP contribution < -0.4 is 0 Å². The standard InChI is InChI=1S/C18H19NO6S/c1-11-12-5-3-4-6-13(12)25-16(11)18(22)24-10-15(20)19-7-8-26-14(9-19)17(21)23-2/h3-6,14H,7-10H2,1-2H3/t14-/m0/s1. The summed E-state index contributed by atoms with van der Waals surface area (Å²) in [6.07, 6.45) is 0. The number of aryl methyl sites for hydroxylation is 1. The van der Waals surface area contributed by atoms with Gasteiger partial charge in [0.2, 0.25) is 5.76 Å². The number of hydrogen-bond donors (Lipinski definition) is 0. The molecule has 1 fully saturated rings. The molecule has 26 heavy (non-hydrogen) atoms. The second kappa shape index (κ2) is 7.82. The molecular weight excluding hydrogens is 358 g/mol. The SMILES string of the molecule is COC(=O)[C@@H]1CN(C(=O)COC(=O)c2oc3ccccc3c2C)CCS1. The Hall–Kier alpha value is -2.48. The fourth-order valence-electron chi connectivity index (χ4n) is 2.80. The molecule has 138 valence electrons. The number of benzene rings is 1. The zero-order valence-electron chi connectivity index (χ0n) is 14.5. The van der Waals surface area contributed by atoms with Crippen molar-refractivity contribution in [2.45, 2.75) is 12.2 Å². The van der Waals surface area contributed by atoms with Crippen LogP contribution in [0.5, 0.6) is 0 Å². The molecule has 1 aliphatic heterocycles. The fraction of sp³-hybridized carbons (Fsp3) is 0.389. The number of ether oxygens (including phenoxy) is 2. The average Bonchev–Trinajstić information content (AvgIpc) is 3.02. The number of nitrogens with zero attached hydrogens (tertiary/aromatic N) is 1. The second-order valence-electron chi connectivity index (χ2n) is 5.85. The van der Waals surface area contributed by atoms with E-state index < -0.39 is 17.8 Å². The number of amides is 1. The molecule has 3 rings (SSSR count). The third kappa shape index (κ3) is 3.70. The lowest BCUT2D eigenvalue weighted by atomic mass is 10.1. The van der Waals surface area contributed by atoms with Crippen LogP contribution in [0.1, 0.15) is 16.1 Å². The van der Waals surface area contributed by atoms with Crippen molar-refractivity contribution in [3.8, 4) is 0 Å². The molecule has 7 nitrogen and oxygen atoms in total. The molecule has 0 N–H and O–H groups in total. The van der Waals surface area contributed by atoms with E-state index in [1.165, 1.54) is 23.8 Å². The largest absolute Gasteiger partial charge is 0.468 e. The van der Waals surface area contributed by atoms with Crippen LogP contribution in [-0.4, -0.2) is 60.6 Å². The molecule has 1 atom stereocenters. The molecule has 0 unspecified atom stereocenters. The maximum atomic E-state index is 12.3. The van der Waals surface area contributed by atoms with E-state index in [0.717, 1.165) is 5.39 Å². The van der Waals surface area contributed by atoms with E-state index in [1.54, 1.807) is 13.0 Å². The van der Waals surface area contributed by atoms with E-state index in [1.807, 2.05) is 18.2 Å². The van der Waals surface area contributed by atoms with Crippen LogP contribution in [0.25, 0.3) is 11.0 Å². The number of esters is 2. The summed E-state index contributed by atoms with van der Waals surface area (Å²) in [6, 6.07) is 7.29. The van der Waals surface area contributed by atoms with Crippen molar-refractivity contribution in [1.82, 2.24) is 4.90 Å². The van der Waals surface area contributed by atoms with Gasteiger partial charge in [0.25, 0.3) is 5.91 Å². The van der Waals surface area contributed by atoms with Crippen molar-refractivity contribution in [2.75, 3.05) is 32.6 Å². The summed E-state index contributed by atoms with van der Waals surface area (Å²) >= 11 is 1.45. The van der Waals surface area contributed by atoms with Gasteiger partial charge in [-0.15, -0.1) is 11.8 Å². The number of hydrogen-bond acceptors (Lipinski definition) is 7. The Kier molecular flexibility index (Phi) is 5.51. The lowest BCUT2D eigenvalue weighted by Crippen LogP contribution is -2.46. The van der Waals surface area contributed by atoms with Crippen molar-refractivity contribution >= 4 is 40.6 Å². The van der Waals surface area contributed by atoms with Crippen molar-refractivity contribution in [3.05, 3.63) is 35.6 Å². The highest BCUT2D eigenvalue weighted by Crippen LogP contribution is 2.25. The van der Waals surface area contributed by atoms with Crippen LogP contribution in [-0.2, 0) is 19.1 Å². The van der Waals surface area contributed by atoms with Gasteiger partial charge < -0.3 is 18.8 Å². The van der Waals surface area contributed by atoms with E-state index in [9.17, 15) is 14.4 Å². The quantitative estimate of drug-likeness (QED) is 0.754. The molecular formula is C18H19NO6S. The Morgan fingerprint density at radius 1 is 1.31 bits per heavy atom. The van der Waals surface area contributed by atoms with Gasteiger partial charge in [-0.25, -0.2) is 4.79 Å². The number of carbonyl (C=O) groups excluding carboxylic acids is 3. The molecule has 0 radical (unpaired) electrons. The number of rotatable bonds is 4. The molecule has 0 spiro atoms.